The lowest BCUT2D eigenvalue weighted by molar-refractivity contribution is -0.285. The van der Waals surface area contributed by atoms with Crippen LogP contribution in [0.5, 0.6) is 0 Å². The molecule has 1 heterocycles. The molecule has 3 saturated carbocycles. The highest BCUT2D eigenvalue weighted by Crippen LogP contribution is 2.69. The second-order valence-electron chi connectivity index (χ2n) is 15.9. The topological polar surface area (TPSA) is 169 Å². The molecule has 0 aromatic carbocycles. The maximum atomic E-state index is 12.7. The number of aliphatic hydroxyl groups excluding tert-OH is 6. The van der Waals surface area contributed by atoms with Crippen LogP contribution in [0, 0.1) is 46.3 Å². The first-order chi connectivity index (χ1) is 21.2. The molecule has 45 heavy (non-hydrogen) atoms. The molecule has 0 aromatic rings. The zero-order valence-corrected chi connectivity index (χ0v) is 28.1. The standard InChI is InChI=1S/C35H60O10/c1-7-20(19(3)16-36)9-8-18(2)26-28(40)29(41)31-34(26,5)13-11-25-33(4)12-10-21(14-22(33)23(37)15-35(25,31)42)45-32-30(43-6)27(39)24(38)17-44-32/h14,18-21,23-32,36-42H,7-13,15-17H2,1-6H3/t18?,19?,20?,21-,23+,24?,25?,26?,27?,28+,29-,30?,31?,32?,33-,34+,35-/m0/s1. The zero-order chi connectivity index (χ0) is 33.1. The molecule has 5 aliphatic rings. The minimum atomic E-state index is -1.35. The summed E-state index contributed by atoms with van der Waals surface area (Å²) in [6, 6.07) is 0. The number of methoxy groups -OCH3 is 1. The Labute approximate surface area is 268 Å². The molecule has 1 saturated heterocycles. The third-order valence-corrected chi connectivity index (χ3v) is 13.5. The lowest BCUT2D eigenvalue weighted by atomic mass is 9.43. The summed E-state index contributed by atoms with van der Waals surface area (Å²) in [7, 11) is 1.43. The van der Waals surface area contributed by atoms with Crippen LogP contribution in [0.3, 0.4) is 0 Å². The van der Waals surface area contributed by atoms with E-state index in [2.05, 4.69) is 34.6 Å². The van der Waals surface area contributed by atoms with Crippen molar-refractivity contribution in [3.05, 3.63) is 11.6 Å². The van der Waals surface area contributed by atoms with Crippen LogP contribution in [0.25, 0.3) is 0 Å². The van der Waals surface area contributed by atoms with Crippen molar-refractivity contribution in [1.82, 2.24) is 0 Å². The fourth-order valence-electron chi connectivity index (χ4n) is 11.1. The Bertz CT molecular complexity index is 1060. The molecule has 0 radical (unpaired) electrons. The number of aliphatic hydroxyl groups is 7. The zero-order valence-electron chi connectivity index (χ0n) is 28.1. The van der Waals surface area contributed by atoms with Crippen molar-refractivity contribution in [2.75, 3.05) is 20.3 Å². The van der Waals surface area contributed by atoms with Gasteiger partial charge in [0.1, 0.15) is 18.3 Å². The molecule has 1 aliphatic heterocycles. The number of hydrogen-bond acceptors (Lipinski definition) is 10. The van der Waals surface area contributed by atoms with Gasteiger partial charge >= 0.3 is 0 Å². The summed E-state index contributed by atoms with van der Waals surface area (Å²) >= 11 is 0. The number of hydrogen-bond donors (Lipinski definition) is 7. The van der Waals surface area contributed by atoms with Gasteiger partial charge in [0.25, 0.3) is 0 Å². The van der Waals surface area contributed by atoms with Crippen LogP contribution in [-0.2, 0) is 14.2 Å². The van der Waals surface area contributed by atoms with Crippen molar-refractivity contribution >= 4 is 0 Å². The fourth-order valence-corrected chi connectivity index (χ4v) is 11.1. The minimum absolute atomic E-state index is 0.0701. The first-order valence-electron chi connectivity index (χ1n) is 17.4. The monoisotopic (exact) mass is 640 g/mol. The summed E-state index contributed by atoms with van der Waals surface area (Å²) in [4.78, 5) is 0. The predicted octanol–water partition coefficient (Wildman–Crippen LogP) is 2.14. The molecule has 0 aromatic heterocycles. The van der Waals surface area contributed by atoms with Crippen LogP contribution in [0.1, 0.15) is 86.0 Å². The van der Waals surface area contributed by atoms with Crippen LogP contribution >= 0.6 is 0 Å². The van der Waals surface area contributed by atoms with Gasteiger partial charge in [-0.3, -0.25) is 0 Å². The summed E-state index contributed by atoms with van der Waals surface area (Å²) in [6.45, 7) is 10.7. The second kappa shape index (κ2) is 13.3. The Kier molecular flexibility index (Phi) is 10.6. The van der Waals surface area contributed by atoms with E-state index in [1.54, 1.807) is 0 Å². The highest BCUT2D eigenvalue weighted by Gasteiger charge is 2.72. The summed E-state index contributed by atoms with van der Waals surface area (Å²) in [5.41, 5.74) is -1.55. The van der Waals surface area contributed by atoms with Gasteiger partial charge in [-0.1, -0.05) is 53.5 Å². The van der Waals surface area contributed by atoms with Crippen LogP contribution in [0.2, 0.25) is 0 Å². The van der Waals surface area contributed by atoms with E-state index in [9.17, 15) is 35.7 Å². The van der Waals surface area contributed by atoms with Crippen LogP contribution < -0.4 is 0 Å². The van der Waals surface area contributed by atoms with E-state index < -0.39 is 71.4 Å². The molecule has 10 heteroatoms. The highest BCUT2D eigenvalue weighted by atomic mass is 16.7. The molecule has 7 N–H and O–H groups in total. The SMILES string of the molecule is CCC(CCC(C)C1[C@@H](O)[C@H](O)C2[C@]1(C)CCC1[C@@]2(O)C[C@@H](O)C2=C[C@@H](OC3OCC(O)C(O)C3OC)CC[C@@]21C)C(C)CO. The molecule has 4 fully saturated rings. The average molecular weight is 641 g/mol. The van der Waals surface area contributed by atoms with Gasteiger partial charge in [0, 0.05) is 26.1 Å². The van der Waals surface area contributed by atoms with E-state index in [0.29, 0.717) is 18.8 Å². The molecule has 260 valence electrons. The number of ether oxygens (including phenoxy) is 3. The quantitative estimate of drug-likeness (QED) is 0.176. The van der Waals surface area contributed by atoms with E-state index in [1.807, 2.05) is 6.08 Å². The van der Waals surface area contributed by atoms with Gasteiger partial charge in [0.15, 0.2) is 6.29 Å². The Hall–Kier alpha value is -0.660. The third kappa shape index (κ3) is 5.87. The average Bonchev–Trinajstić information content (AvgIpc) is 3.20. The fraction of sp³-hybridized carbons (Fsp3) is 0.943. The largest absolute Gasteiger partial charge is 0.396 e. The molecule has 17 atom stereocenters. The van der Waals surface area contributed by atoms with E-state index in [-0.39, 0.29) is 43.3 Å². The second-order valence-corrected chi connectivity index (χ2v) is 15.9. The van der Waals surface area contributed by atoms with Crippen molar-refractivity contribution in [1.29, 1.82) is 0 Å². The van der Waals surface area contributed by atoms with Crippen LogP contribution in [0.15, 0.2) is 11.6 Å². The summed E-state index contributed by atoms with van der Waals surface area (Å²) in [5.74, 6) is -0.243. The van der Waals surface area contributed by atoms with Crippen LogP contribution in [-0.4, -0.2) is 111 Å². The molecule has 4 aliphatic carbocycles. The Morgan fingerprint density at radius 1 is 1.00 bits per heavy atom. The van der Waals surface area contributed by atoms with Gasteiger partial charge < -0.3 is 50.0 Å². The first kappa shape index (κ1) is 35.6. The molecule has 5 rings (SSSR count). The van der Waals surface area contributed by atoms with Gasteiger partial charge in [0.2, 0.25) is 0 Å². The Balaban J connectivity index is 1.36. The van der Waals surface area contributed by atoms with Crippen molar-refractivity contribution in [2.45, 2.75) is 141 Å². The van der Waals surface area contributed by atoms with Gasteiger partial charge in [0.05, 0.1) is 36.6 Å². The van der Waals surface area contributed by atoms with Crippen molar-refractivity contribution in [3.63, 3.8) is 0 Å². The molecule has 0 bridgehead atoms. The van der Waals surface area contributed by atoms with Crippen molar-refractivity contribution < 1.29 is 50.0 Å². The summed E-state index contributed by atoms with van der Waals surface area (Å²) in [5, 5.41) is 77.7. The minimum Gasteiger partial charge on any atom is -0.396 e. The van der Waals surface area contributed by atoms with Gasteiger partial charge in [-0.2, -0.15) is 0 Å². The molecular formula is C35H60O10. The lowest BCUT2D eigenvalue weighted by Crippen LogP contribution is -2.66. The predicted molar refractivity (Wildman–Crippen MR) is 167 cm³/mol. The Morgan fingerprint density at radius 3 is 2.36 bits per heavy atom. The normalized spacial score (nSPS) is 50.2. The van der Waals surface area contributed by atoms with E-state index >= 15 is 0 Å². The summed E-state index contributed by atoms with van der Waals surface area (Å²) in [6.07, 6.45) is 0.218. The van der Waals surface area contributed by atoms with Crippen molar-refractivity contribution in [2.24, 2.45) is 46.3 Å². The molecule has 10 nitrogen and oxygen atoms in total. The number of rotatable bonds is 10. The van der Waals surface area contributed by atoms with E-state index in [1.165, 1.54) is 7.11 Å². The van der Waals surface area contributed by atoms with E-state index in [0.717, 1.165) is 37.7 Å². The molecule has 0 spiro atoms. The van der Waals surface area contributed by atoms with Gasteiger partial charge in [-0.15, -0.1) is 0 Å². The molecular weight excluding hydrogens is 580 g/mol. The van der Waals surface area contributed by atoms with Crippen molar-refractivity contribution in [3.8, 4) is 0 Å². The first-order valence-corrected chi connectivity index (χ1v) is 17.4. The molecule has 0 amide bonds. The van der Waals surface area contributed by atoms with Crippen LogP contribution in [0.4, 0.5) is 0 Å². The highest BCUT2D eigenvalue weighted by molar-refractivity contribution is 5.33. The maximum Gasteiger partial charge on any atom is 0.187 e. The maximum absolute atomic E-state index is 12.7. The summed E-state index contributed by atoms with van der Waals surface area (Å²) < 4.78 is 17.3. The third-order valence-electron chi connectivity index (χ3n) is 13.5. The van der Waals surface area contributed by atoms with E-state index in [4.69, 9.17) is 14.2 Å². The number of fused-ring (bicyclic) bond motifs is 5. The Morgan fingerprint density at radius 2 is 1.71 bits per heavy atom. The smallest absolute Gasteiger partial charge is 0.187 e. The lowest BCUT2D eigenvalue weighted by Gasteiger charge is -2.64. The van der Waals surface area contributed by atoms with Gasteiger partial charge in [-0.05, 0) is 78.1 Å². The van der Waals surface area contributed by atoms with Gasteiger partial charge in [-0.25, -0.2) is 0 Å². The molecule has 10 unspecified atom stereocenters.